The zero-order valence-electron chi connectivity index (χ0n) is 9.35. The van der Waals surface area contributed by atoms with Gasteiger partial charge in [-0.1, -0.05) is 36.9 Å². The van der Waals surface area contributed by atoms with E-state index in [0.29, 0.717) is 5.75 Å². The predicted octanol–water partition coefficient (Wildman–Crippen LogP) is 4.34. The minimum Gasteiger partial charge on any atom is -0.508 e. The Hall–Kier alpha value is -2.28. The molecule has 1 nitrogen and oxygen atoms in total. The fraction of sp³-hybridized carbons (Fsp3) is 0. The van der Waals surface area contributed by atoms with Gasteiger partial charge in [-0.05, 0) is 51.4 Å². The third-order valence-corrected chi connectivity index (χ3v) is 3.07. The first-order chi connectivity index (χ1) is 8.28. The zero-order valence-corrected chi connectivity index (χ0v) is 9.35. The molecule has 0 radical (unpaired) electrons. The van der Waals surface area contributed by atoms with Gasteiger partial charge in [-0.3, -0.25) is 0 Å². The number of fused-ring (bicyclic) bond motifs is 2. The van der Waals surface area contributed by atoms with Gasteiger partial charge in [0.25, 0.3) is 0 Å². The highest BCUT2D eigenvalue weighted by atomic mass is 16.3. The molecule has 0 unspecified atom stereocenters. The first-order valence-corrected chi connectivity index (χ1v) is 5.56. The van der Waals surface area contributed by atoms with Crippen LogP contribution in [-0.2, 0) is 0 Å². The van der Waals surface area contributed by atoms with Crippen molar-refractivity contribution >= 4 is 27.6 Å². The molecule has 17 heavy (non-hydrogen) atoms. The van der Waals surface area contributed by atoms with Crippen molar-refractivity contribution in [2.24, 2.45) is 0 Å². The molecular formula is C16H12O. The molecule has 0 bridgehead atoms. The summed E-state index contributed by atoms with van der Waals surface area (Å²) in [6.07, 6.45) is 1.86. The summed E-state index contributed by atoms with van der Waals surface area (Å²) in [7, 11) is 0. The predicted molar refractivity (Wildman–Crippen MR) is 73.2 cm³/mol. The highest BCUT2D eigenvalue weighted by molar-refractivity contribution is 6.01. The Morgan fingerprint density at radius 2 is 1.76 bits per heavy atom. The van der Waals surface area contributed by atoms with Gasteiger partial charge >= 0.3 is 0 Å². The summed E-state index contributed by atoms with van der Waals surface area (Å²) in [5, 5.41) is 14.1. The number of rotatable bonds is 1. The number of phenolic OH excluding ortho intramolecular Hbond substituents is 1. The SMILES string of the molecule is C=Cc1cccc2cc3ccc(O)cc3cc12. The lowest BCUT2D eigenvalue weighted by atomic mass is 9.99. The van der Waals surface area contributed by atoms with Gasteiger partial charge in [0.15, 0.2) is 0 Å². The number of benzene rings is 3. The second kappa shape index (κ2) is 3.63. The lowest BCUT2D eigenvalue weighted by molar-refractivity contribution is 0.476. The Bertz CT molecular complexity index is 726. The van der Waals surface area contributed by atoms with Crippen molar-refractivity contribution in [2.75, 3.05) is 0 Å². The Morgan fingerprint density at radius 3 is 2.59 bits per heavy atom. The Morgan fingerprint density at radius 1 is 0.882 bits per heavy atom. The minimum absolute atomic E-state index is 0.299. The number of phenols is 1. The van der Waals surface area contributed by atoms with E-state index in [1.165, 1.54) is 10.8 Å². The molecule has 82 valence electrons. The highest BCUT2D eigenvalue weighted by Gasteiger charge is 2.01. The van der Waals surface area contributed by atoms with Crippen LogP contribution in [0.4, 0.5) is 0 Å². The molecule has 0 aliphatic rings. The summed E-state index contributed by atoms with van der Waals surface area (Å²) < 4.78 is 0. The molecular weight excluding hydrogens is 208 g/mol. The largest absolute Gasteiger partial charge is 0.508 e. The molecule has 0 amide bonds. The second-order valence-electron chi connectivity index (χ2n) is 4.16. The van der Waals surface area contributed by atoms with Gasteiger partial charge in [0.05, 0.1) is 0 Å². The van der Waals surface area contributed by atoms with Crippen LogP contribution in [0.3, 0.4) is 0 Å². The van der Waals surface area contributed by atoms with E-state index in [1.807, 2.05) is 24.3 Å². The quantitative estimate of drug-likeness (QED) is 0.605. The molecule has 0 saturated heterocycles. The summed E-state index contributed by atoms with van der Waals surface area (Å²) in [5.74, 6) is 0.299. The van der Waals surface area contributed by atoms with Crippen LogP contribution in [-0.4, -0.2) is 5.11 Å². The van der Waals surface area contributed by atoms with Gasteiger partial charge in [0.1, 0.15) is 5.75 Å². The van der Waals surface area contributed by atoms with Gasteiger partial charge in [-0.2, -0.15) is 0 Å². The van der Waals surface area contributed by atoms with E-state index in [2.05, 4.69) is 24.8 Å². The van der Waals surface area contributed by atoms with Crippen molar-refractivity contribution in [1.29, 1.82) is 0 Å². The van der Waals surface area contributed by atoms with E-state index in [-0.39, 0.29) is 0 Å². The van der Waals surface area contributed by atoms with Crippen LogP contribution >= 0.6 is 0 Å². The molecule has 0 saturated carbocycles. The van der Waals surface area contributed by atoms with Crippen LogP contribution in [0.25, 0.3) is 27.6 Å². The van der Waals surface area contributed by atoms with Gasteiger partial charge in [0.2, 0.25) is 0 Å². The van der Waals surface area contributed by atoms with E-state index >= 15 is 0 Å². The molecule has 0 heterocycles. The van der Waals surface area contributed by atoms with Crippen molar-refractivity contribution in [3.8, 4) is 5.75 Å². The van der Waals surface area contributed by atoms with Crippen LogP contribution in [0.5, 0.6) is 5.75 Å². The van der Waals surface area contributed by atoms with Gasteiger partial charge in [0, 0.05) is 0 Å². The van der Waals surface area contributed by atoms with Crippen LogP contribution in [0.1, 0.15) is 5.56 Å². The maximum Gasteiger partial charge on any atom is 0.116 e. The fourth-order valence-corrected chi connectivity index (χ4v) is 2.21. The molecule has 3 aromatic carbocycles. The van der Waals surface area contributed by atoms with E-state index in [0.717, 1.165) is 16.3 Å². The lowest BCUT2D eigenvalue weighted by Crippen LogP contribution is -1.80. The summed E-state index contributed by atoms with van der Waals surface area (Å²) in [5.41, 5.74) is 1.12. The average Bonchev–Trinajstić information content (AvgIpc) is 2.35. The smallest absolute Gasteiger partial charge is 0.116 e. The van der Waals surface area contributed by atoms with Crippen molar-refractivity contribution < 1.29 is 5.11 Å². The standard InChI is InChI=1S/C16H12O/c1-2-11-4-3-5-13-8-12-6-7-15(17)9-14(12)10-16(11)13/h2-10,17H,1H2. The van der Waals surface area contributed by atoms with E-state index in [1.54, 1.807) is 12.1 Å². The van der Waals surface area contributed by atoms with Crippen molar-refractivity contribution in [3.05, 3.63) is 60.7 Å². The molecule has 3 aromatic rings. The summed E-state index contributed by atoms with van der Waals surface area (Å²) in [4.78, 5) is 0. The minimum atomic E-state index is 0.299. The van der Waals surface area contributed by atoms with E-state index in [4.69, 9.17) is 0 Å². The monoisotopic (exact) mass is 220 g/mol. The Balaban J connectivity index is 2.48. The molecule has 0 fully saturated rings. The maximum absolute atomic E-state index is 9.51. The molecule has 0 aliphatic heterocycles. The number of hydrogen-bond acceptors (Lipinski definition) is 1. The van der Waals surface area contributed by atoms with E-state index in [9.17, 15) is 5.11 Å². The molecule has 1 N–H and O–H groups in total. The van der Waals surface area contributed by atoms with Gasteiger partial charge in [-0.25, -0.2) is 0 Å². The third kappa shape index (κ3) is 1.56. The summed E-state index contributed by atoms with van der Waals surface area (Å²) in [6, 6.07) is 15.8. The molecule has 3 rings (SSSR count). The third-order valence-electron chi connectivity index (χ3n) is 3.07. The lowest BCUT2D eigenvalue weighted by Gasteiger charge is -2.05. The molecule has 0 spiro atoms. The molecule has 0 aliphatic carbocycles. The fourth-order valence-electron chi connectivity index (χ4n) is 2.21. The first kappa shape index (κ1) is 9.91. The van der Waals surface area contributed by atoms with Crippen molar-refractivity contribution in [1.82, 2.24) is 0 Å². The van der Waals surface area contributed by atoms with Crippen LogP contribution < -0.4 is 0 Å². The summed E-state index contributed by atoms with van der Waals surface area (Å²) in [6.45, 7) is 3.83. The highest BCUT2D eigenvalue weighted by Crippen LogP contribution is 2.28. The summed E-state index contributed by atoms with van der Waals surface area (Å²) >= 11 is 0. The Labute approximate surface area is 99.6 Å². The zero-order chi connectivity index (χ0) is 11.8. The Kier molecular flexibility index (Phi) is 2.12. The van der Waals surface area contributed by atoms with Gasteiger partial charge < -0.3 is 5.11 Å². The number of aromatic hydroxyl groups is 1. The normalized spacial score (nSPS) is 10.8. The second-order valence-corrected chi connectivity index (χ2v) is 4.16. The molecule has 0 atom stereocenters. The van der Waals surface area contributed by atoms with Gasteiger partial charge in [-0.15, -0.1) is 0 Å². The first-order valence-electron chi connectivity index (χ1n) is 5.56. The topological polar surface area (TPSA) is 20.2 Å². The van der Waals surface area contributed by atoms with Crippen LogP contribution in [0, 0.1) is 0 Å². The molecule has 1 heteroatoms. The van der Waals surface area contributed by atoms with Crippen LogP contribution in [0.2, 0.25) is 0 Å². The van der Waals surface area contributed by atoms with Crippen molar-refractivity contribution in [2.45, 2.75) is 0 Å². The van der Waals surface area contributed by atoms with E-state index < -0.39 is 0 Å². The van der Waals surface area contributed by atoms with Crippen LogP contribution in [0.15, 0.2) is 55.1 Å². The average molecular weight is 220 g/mol. The molecule has 0 aromatic heterocycles. The number of hydrogen-bond donors (Lipinski definition) is 1. The maximum atomic E-state index is 9.51. The van der Waals surface area contributed by atoms with Crippen molar-refractivity contribution in [3.63, 3.8) is 0 Å².